The van der Waals surface area contributed by atoms with Crippen LogP contribution in [-0.4, -0.2) is 31.0 Å². The SMILES string of the molecule is CC(C(=O)NC1=C(F)C(F)C(=NOCC2CC2)C=C1OC(F)F)c1ccccc1. The molecule has 0 bridgehead atoms. The molecule has 5 nitrogen and oxygen atoms in total. The van der Waals surface area contributed by atoms with Crippen LogP contribution in [0.5, 0.6) is 0 Å². The van der Waals surface area contributed by atoms with Gasteiger partial charge in [0.15, 0.2) is 17.8 Å². The summed E-state index contributed by atoms with van der Waals surface area (Å²) in [5, 5.41) is 5.66. The second kappa shape index (κ2) is 9.11. The van der Waals surface area contributed by atoms with E-state index in [9.17, 15) is 22.4 Å². The minimum Gasteiger partial charge on any atom is -0.432 e. The predicted molar refractivity (Wildman–Crippen MR) is 97.3 cm³/mol. The Morgan fingerprint density at radius 2 is 1.97 bits per heavy atom. The highest BCUT2D eigenvalue weighted by molar-refractivity contribution is 6.02. The van der Waals surface area contributed by atoms with Gasteiger partial charge >= 0.3 is 6.61 Å². The van der Waals surface area contributed by atoms with Crippen LogP contribution >= 0.6 is 0 Å². The Kier molecular flexibility index (Phi) is 6.56. The zero-order valence-corrected chi connectivity index (χ0v) is 15.6. The number of nitrogens with zero attached hydrogens (tertiary/aromatic N) is 1. The van der Waals surface area contributed by atoms with Crippen LogP contribution in [0.2, 0.25) is 0 Å². The number of ether oxygens (including phenoxy) is 1. The average Bonchev–Trinajstić information content (AvgIpc) is 3.52. The van der Waals surface area contributed by atoms with E-state index in [1.807, 2.05) is 0 Å². The number of halogens is 4. The van der Waals surface area contributed by atoms with Crippen LogP contribution in [0, 0.1) is 5.92 Å². The lowest BCUT2D eigenvalue weighted by Crippen LogP contribution is -2.34. The highest BCUT2D eigenvalue weighted by atomic mass is 19.3. The number of hydrogen-bond acceptors (Lipinski definition) is 4. The van der Waals surface area contributed by atoms with Crippen molar-refractivity contribution in [1.82, 2.24) is 5.32 Å². The highest BCUT2D eigenvalue weighted by Gasteiger charge is 2.34. The van der Waals surface area contributed by atoms with E-state index in [4.69, 9.17) is 4.84 Å². The third-order valence-electron chi connectivity index (χ3n) is 4.58. The first kappa shape index (κ1) is 20.9. The Labute approximate surface area is 165 Å². The van der Waals surface area contributed by atoms with Gasteiger partial charge in [-0.2, -0.15) is 8.78 Å². The van der Waals surface area contributed by atoms with Gasteiger partial charge in [-0.1, -0.05) is 35.5 Å². The number of oxime groups is 1. The van der Waals surface area contributed by atoms with E-state index in [1.165, 1.54) is 0 Å². The van der Waals surface area contributed by atoms with Crippen molar-refractivity contribution in [2.75, 3.05) is 6.61 Å². The van der Waals surface area contributed by atoms with Crippen molar-refractivity contribution >= 4 is 11.6 Å². The van der Waals surface area contributed by atoms with Crippen molar-refractivity contribution in [2.24, 2.45) is 11.1 Å². The van der Waals surface area contributed by atoms with Crippen LogP contribution in [0.1, 0.15) is 31.2 Å². The van der Waals surface area contributed by atoms with Crippen LogP contribution in [-0.2, 0) is 14.4 Å². The zero-order valence-electron chi connectivity index (χ0n) is 15.6. The van der Waals surface area contributed by atoms with Crippen molar-refractivity contribution in [3.05, 3.63) is 59.3 Å². The smallest absolute Gasteiger partial charge is 0.387 e. The maximum Gasteiger partial charge on any atom is 0.387 e. The summed E-state index contributed by atoms with van der Waals surface area (Å²) in [6, 6.07) is 8.55. The van der Waals surface area contributed by atoms with Crippen molar-refractivity contribution in [3.8, 4) is 0 Å². The Hall–Kier alpha value is -2.84. The first-order chi connectivity index (χ1) is 13.9. The van der Waals surface area contributed by atoms with Gasteiger partial charge in [0.2, 0.25) is 5.91 Å². The number of carbonyl (C=O) groups excluding carboxylic acids is 1. The summed E-state index contributed by atoms with van der Waals surface area (Å²) in [4.78, 5) is 17.4. The lowest BCUT2D eigenvalue weighted by atomic mass is 9.99. The molecule has 1 saturated carbocycles. The molecule has 3 rings (SSSR count). The maximum absolute atomic E-state index is 14.6. The molecule has 1 amide bonds. The van der Waals surface area contributed by atoms with Crippen LogP contribution in [0.4, 0.5) is 17.6 Å². The van der Waals surface area contributed by atoms with E-state index < -0.39 is 47.6 Å². The standard InChI is InChI=1S/C20H20F4N2O3/c1-11(13-5-3-2-4-6-13)19(27)25-18-15(29-20(23)24)9-14(16(21)17(18)22)26-28-10-12-7-8-12/h2-6,9,11-12,16,20H,7-8,10H2,1H3,(H,25,27). The molecule has 0 radical (unpaired) electrons. The van der Waals surface area contributed by atoms with Crippen molar-refractivity contribution in [1.29, 1.82) is 0 Å². The molecule has 2 atom stereocenters. The topological polar surface area (TPSA) is 59.9 Å². The fourth-order valence-electron chi connectivity index (χ4n) is 2.66. The van der Waals surface area contributed by atoms with Crippen molar-refractivity contribution in [2.45, 2.75) is 38.5 Å². The molecule has 2 aliphatic rings. The van der Waals surface area contributed by atoms with Gasteiger partial charge in [0.1, 0.15) is 18.0 Å². The minimum absolute atomic E-state index is 0.235. The summed E-state index contributed by atoms with van der Waals surface area (Å²) in [5.74, 6) is -3.34. The first-order valence-electron chi connectivity index (χ1n) is 9.13. The summed E-state index contributed by atoms with van der Waals surface area (Å²) < 4.78 is 58.9. The molecule has 0 heterocycles. The molecule has 1 fully saturated rings. The van der Waals surface area contributed by atoms with Gasteiger partial charge in [-0.15, -0.1) is 0 Å². The van der Waals surface area contributed by atoms with Crippen LogP contribution < -0.4 is 5.32 Å². The summed E-state index contributed by atoms with van der Waals surface area (Å²) in [6.07, 6.45) is 0.351. The first-order valence-corrected chi connectivity index (χ1v) is 9.13. The molecule has 9 heteroatoms. The molecule has 2 aliphatic carbocycles. The van der Waals surface area contributed by atoms with E-state index in [1.54, 1.807) is 37.3 Å². The van der Waals surface area contributed by atoms with Crippen LogP contribution in [0.3, 0.4) is 0 Å². The van der Waals surface area contributed by atoms with E-state index in [-0.39, 0.29) is 6.61 Å². The molecular formula is C20H20F4N2O3. The minimum atomic E-state index is -3.31. The van der Waals surface area contributed by atoms with Crippen LogP contribution in [0.25, 0.3) is 0 Å². The number of carbonyl (C=O) groups is 1. The van der Waals surface area contributed by atoms with Gasteiger partial charge in [-0.25, -0.2) is 8.78 Å². The summed E-state index contributed by atoms with van der Waals surface area (Å²) in [6.45, 7) is -1.52. The Bertz CT molecular complexity index is 835. The fraction of sp³-hybridized carbons (Fsp3) is 0.400. The monoisotopic (exact) mass is 412 g/mol. The molecule has 1 aromatic rings. The summed E-state index contributed by atoms with van der Waals surface area (Å²) in [7, 11) is 0. The predicted octanol–water partition coefficient (Wildman–Crippen LogP) is 4.34. The number of allylic oxidation sites excluding steroid dienone is 2. The second-order valence-electron chi connectivity index (χ2n) is 6.85. The molecule has 0 spiro atoms. The number of benzene rings is 1. The molecule has 29 heavy (non-hydrogen) atoms. The van der Waals surface area contributed by atoms with Gasteiger partial charge in [0, 0.05) is 6.08 Å². The molecule has 0 aromatic heterocycles. The summed E-state index contributed by atoms with van der Waals surface area (Å²) >= 11 is 0. The Morgan fingerprint density at radius 3 is 2.59 bits per heavy atom. The molecule has 0 aliphatic heterocycles. The number of rotatable bonds is 8. The third kappa shape index (κ3) is 5.36. The van der Waals surface area contributed by atoms with E-state index in [0.717, 1.165) is 18.9 Å². The highest BCUT2D eigenvalue weighted by Crippen LogP contribution is 2.31. The fourth-order valence-corrected chi connectivity index (χ4v) is 2.66. The van der Waals surface area contributed by atoms with Crippen LogP contribution in [0.15, 0.2) is 58.8 Å². The number of alkyl halides is 3. The molecule has 1 N–H and O–H groups in total. The van der Waals surface area contributed by atoms with Crippen molar-refractivity contribution in [3.63, 3.8) is 0 Å². The lowest BCUT2D eigenvalue weighted by molar-refractivity contribution is -0.122. The lowest BCUT2D eigenvalue weighted by Gasteiger charge is -2.23. The zero-order chi connectivity index (χ0) is 21.0. The number of hydrogen-bond donors (Lipinski definition) is 1. The second-order valence-corrected chi connectivity index (χ2v) is 6.85. The number of amides is 1. The van der Waals surface area contributed by atoms with E-state index in [2.05, 4.69) is 15.2 Å². The normalized spacial score (nSPS) is 21.8. The van der Waals surface area contributed by atoms with Gasteiger partial charge in [0.05, 0.1) is 5.92 Å². The molecular weight excluding hydrogens is 392 g/mol. The van der Waals surface area contributed by atoms with Crippen molar-refractivity contribution < 1.29 is 31.9 Å². The van der Waals surface area contributed by atoms with Gasteiger partial charge in [-0.3, -0.25) is 4.79 Å². The quantitative estimate of drug-likeness (QED) is 0.510. The van der Waals surface area contributed by atoms with Gasteiger partial charge in [0.25, 0.3) is 0 Å². The molecule has 1 aromatic carbocycles. The summed E-state index contributed by atoms with van der Waals surface area (Å²) in [5.41, 5.74) is -0.714. The maximum atomic E-state index is 14.6. The average molecular weight is 412 g/mol. The van der Waals surface area contributed by atoms with Gasteiger partial charge < -0.3 is 14.9 Å². The number of nitrogens with one attached hydrogen (secondary N) is 1. The molecule has 2 unspecified atom stereocenters. The largest absolute Gasteiger partial charge is 0.432 e. The Balaban J connectivity index is 1.80. The Morgan fingerprint density at radius 1 is 1.28 bits per heavy atom. The molecule has 156 valence electrons. The molecule has 0 saturated heterocycles. The van der Waals surface area contributed by atoms with E-state index >= 15 is 0 Å². The third-order valence-corrected chi connectivity index (χ3v) is 4.58. The van der Waals surface area contributed by atoms with E-state index in [0.29, 0.717) is 11.5 Å². The van der Waals surface area contributed by atoms with Gasteiger partial charge in [-0.05, 0) is 31.2 Å².